The largest absolute Gasteiger partial charge is 0.326 e. The van der Waals surface area contributed by atoms with Gasteiger partial charge < -0.3 is 10.6 Å². The molecule has 2 amide bonds. The van der Waals surface area contributed by atoms with Crippen LogP contribution >= 0.6 is 11.8 Å². The van der Waals surface area contributed by atoms with Crippen LogP contribution in [0.2, 0.25) is 0 Å². The van der Waals surface area contributed by atoms with E-state index in [-0.39, 0.29) is 28.9 Å². The summed E-state index contributed by atoms with van der Waals surface area (Å²) in [5, 5.41) is 5.47. The Morgan fingerprint density at radius 2 is 1.90 bits per heavy atom. The highest BCUT2D eigenvalue weighted by Gasteiger charge is 2.20. The number of anilines is 2. The van der Waals surface area contributed by atoms with E-state index in [9.17, 15) is 18.0 Å². The number of hydrogen-bond donors (Lipinski definition) is 2. The number of amides is 2. The van der Waals surface area contributed by atoms with E-state index in [4.69, 9.17) is 0 Å². The van der Waals surface area contributed by atoms with E-state index in [1.807, 2.05) is 24.3 Å². The van der Waals surface area contributed by atoms with Crippen molar-refractivity contribution in [3.63, 3.8) is 0 Å². The van der Waals surface area contributed by atoms with E-state index in [2.05, 4.69) is 24.5 Å². The van der Waals surface area contributed by atoms with Crippen LogP contribution in [0.25, 0.3) is 0 Å². The second-order valence-corrected chi connectivity index (χ2v) is 10.4. The van der Waals surface area contributed by atoms with Crippen LogP contribution in [0.5, 0.6) is 0 Å². The molecule has 154 valence electrons. The second kappa shape index (κ2) is 9.00. The average Bonchev–Trinajstić information content (AvgIpc) is 2.86. The van der Waals surface area contributed by atoms with Crippen molar-refractivity contribution in [3.05, 3.63) is 48.0 Å². The fourth-order valence-electron chi connectivity index (χ4n) is 2.91. The molecule has 0 saturated carbocycles. The van der Waals surface area contributed by atoms with Crippen LogP contribution in [-0.4, -0.2) is 31.7 Å². The number of sulfone groups is 1. The number of rotatable bonds is 6. The number of carbonyl (C=O) groups is 2. The average molecular weight is 433 g/mol. The van der Waals surface area contributed by atoms with Gasteiger partial charge in [-0.25, -0.2) is 8.42 Å². The number of hydrogen-bond acceptors (Lipinski definition) is 5. The zero-order chi connectivity index (χ0) is 21.0. The Morgan fingerprint density at radius 3 is 2.59 bits per heavy atom. The Labute approximate surface area is 175 Å². The SMILES string of the molecule is CC(C)c1ccc(NC(=O)CCS(=O)(=O)c2ccc3c(c2)NC(=O)CCS3)cc1. The Bertz CT molecular complexity index is 1020. The zero-order valence-electron chi connectivity index (χ0n) is 16.4. The van der Waals surface area contributed by atoms with Gasteiger partial charge >= 0.3 is 0 Å². The third-order valence-electron chi connectivity index (χ3n) is 4.63. The maximum Gasteiger partial charge on any atom is 0.225 e. The number of fused-ring (bicyclic) bond motifs is 1. The third kappa shape index (κ3) is 5.61. The molecule has 8 heteroatoms. The van der Waals surface area contributed by atoms with Gasteiger partial charge in [-0.1, -0.05) is 26.0 Å². The Balaban J connectivity index is 1.63. The highest BCUT2D eigenvalue weighted by molar-refractivity contribution is 7.99. The fraction of sp³-hybridized carbons (Fsp3) is 0.333. The first kappa shape index (κ1) is 21.4. The lowest BCUT2D eigenvalue weighted by Crippen LogP contribution is -2.18. The minimum atomic E-state index is -3.65. The smallest absolute Gasteiger partial charge is 0.225 e. The van der Waals surface area contributed by atoms with E-state index in [1.165, 1.54) is 29.5 Å². The molecule has 0 fully saturated rings. The van der Waals surface area contributed by atoms with Crippen molar-refractivity contribution in [1.82, 2.24) is 0 Å². The molecule has 0 spiro atoms. The molecular formula is C21H24N2O4S2. The van der Waals surface area contributed by atoms with Crippen LogP contribution in [-0.2, 0) is 19.4 Å². The predicted molar refractivity (Wildman–Crippen MR) is 116 cm³/mol. The molecule has 0 aliphatic carbocycles. The fourth-order valence-corrected chi connectivity index (χ4v) is 5.11. The summed E-state index contributed by atoms with van der Waals surface area (Å²) < 4.78 is 25.3. The first-order chi connectivity index (χ1) is 13.7. The highest BCUT2D eigenvalue weighted by atomic mass is 32.2. The van der Waals surface area contributed by atoms with E-state index >= 15 is 0 Å². The van der Waals surface area contributed by atoms with Crippen LogP contribution < -0.4 is 10.6 Å². The maximum absolute atomic E-state index is 12.7. The van der Waals surface area contributed by atoms with E-state index < -0.39 is 9.84 Å². The summed E-state index contributed by atoms with van der Waals surface area (Å²) in [5.41, 5.74) is 2.31. The van der Waals surface area contributed by atoms with Gasteiger partial charge in [-0.05, 0) is 41.8 Å². The molecule has 0 bridgehead atoms. The topological polar surface area (TPSA) is 92.3 Å². The summed E-state index contributed by atoms with van der Waals surface area (Å²) in [7, 11) is -3.65. The lowest BCUT2D eigenvalue weighted by atomic mass is 10.0. The molecule has 29 heavy (non-hydrogen) atoms. The van der Waals surface area contributed by atoms with Gasteiger partial charge in [0.2, 0.25) is 11.8 Å². The molecule has 3 rings (SSSR count). The molecule has 0 unspecified atom stereocenters. The van der Waals surface area contributed by atoms with Crippen molar-refractivity contribution in [2.45, 2.75) is 42.4 Å². The maximum atomic E-state index is 12.7. The number of thioether (sulfide) groups is 1. The van der Waals surface area contributed by atoms with Crippen LogP contribution in [0, 0.1) is 0 Å². The standard InChI is InChI=1S/C21H24N2O4S2/c1-14(2)15-3-5-16(6-4-15)22-21(25)10-12-29(26,27)17-7-8-19-18(13-17)23-20(24)9-11-28-19/h3-8,13-14H,9-12H2,1-2H3,(H,22,25)(H,23,24). The van der Waals surface area contributed by atoms with Gasteiger partial charge in [-0.3, -0.25) is 9.59 Å². The van der Waals surface area contributed by atoms with E-state index in [0.29, 0.717) is 29.5 Å². The quantitative estimate of drug-likeness (QED) is 0.718. The summed E-state index contributed by atoms with van der Waals surface area (Å²) in [6.07, 6.45) is 0.242. The summed E-state index contributed by atoms with van der Waals surface area (Å²) in [6, 6.07) is 12.2. The van der Waals surface area contributed by atoms with Crippen LogP contribution in [0.1, 0.15) is 38.2 Å². The predicted octanol–water partition coefficient (Wildman–Crippen LogP) is 4.05. The normalized spacial score (nSPS) is 14.1. The van der Waals surface area contributed by atoms with Gasteiger partial charge in [0.1, 0.15) is 0 Å². The summed E-state index contributed by atoms with van der Waals surface area (Å²) in [5.74, 6) is 0.263. The van der Waals surface area contributed by atoms with Gasteiger partial charge in [0, 0.05) is 29.2 Å². The first-order valence-corrected chi connectivity index (χ1v) is 12.1. The molecule has 1 aliphatic rings. The lowest BCUT2D eigenvalue weighted by molar-refractivity contribution is -0.116. The Kier molecular flexibility index (Phi) is 6.64. The van der Waals surface area contributed by atoms with Crippen molar-refractivity contribution < 1.29 is 18.0 Å². The lowest BCUT2D eigenvalue weighted by Gasteiger charge is -2.11. The molecule has 0 aromatic heterocycles. The molecule has 2 aromatic carbocycles. The van der Waals surface area contributed by atoms with Crippen LogP contribution in [0.3, 0.4) is 0 Å². The number of carbonyl (C=O) groups excluding carboxylic acids is 2. The van der Waals surface area contributed by atoms with Crippen molar-refractivity contribution in [3.8, 4) is 0 Å². The van der Waals surface area contributed by atoms with Crippen molar-refractivity contribution in [2.75, 3.05) is 22.1 Å². The minimum Gasteiger partial charge on any atom is -0.326 e. The molecule has 1 aliphatic heterocycles. The van der Waals surface area contributed by atoms with Gasteiger partial charge in [-0.2, -0.15) is 0 Å². The molecule has 0 radical (unpaired) electrons. The van der Waals surface area contributed by atoms with Crippen LogP contribution in [0.4, 0.5) is 11.4 Å². The molecule has 2 aromatic rings. The molecular weight excluding hydrogens is 408 g/mol. The third-order valence-corrected chi connectivity index (χ3v) is 7.42. The molecule has 1 heterocycles. The molecule has 0 atom stereocenters. The first-order valence-electron chi connectivity index (χ1n) is 9.44. The Hall–Kier alpha value is -2.32. The highest BCUT2D eigenvalue weighted by Crippen LogP contribution is 2.33. The van der Waals surface area contributed by atoms with Gasteiger partial charge in [0.05, 0.1) is 16.3 Å². The number of nitrogens with one attached hydrogen (secondary N) is 2. The van der Waals surface area contributed by atoms with Crippen molar-refractivity contribution in [1.29, 1.82) is 0 Å². The van der Waals surface area contributed by atoms with Gasteiger partial charge in [-0.15, -0.1) is 11.8 Å². The summed E-state index contributed by atoms with van der Waals surface area (Å²) >= 11 is 1.51. The van der Waals surface area contributed by atoms with Crippen molar-refractivity contribution >= 4 is 44.8 Å². The monoisotopic (exact) mass is 432 g/mol. The Morgan fingerprint density at radius 1 is 1.17 bits per heavy atom. The molecule has 2 N–H and O–H groups in total. The summed E-state index contributed by atoms with van der Waals surface area (Å²) in [6.45, 7) is 4.18. The van der Waals surface area contributed by atoms with E-state index in [1.54, 1.807) is 6.07 Å². The molecule has 0 saturated heterocycles. The summed E-state index contributed by atoms with van der Waals surface area (Å²) in [4.78, 5) is 24.9. The van der Waals surface area contributed by atoms with E-state index in [0.717, 1.165) is 4.90 Å². The molecule has 6 nitrogen and oxygen atoms in total. The zero-order valence-corrected chi connectivity index (χ0v) is 18.0. The second-order valence-electron chi connectivity index (χ2n) is 7.20. The minimum absolute atomic E-state index is 0.105. The van der Waals surface area contributed by atoms with Gasteiger partial charge in [0.25, 0.3) is 0 Å². The number of benzene rings is 2. The van der Waals surface area contributed by atoms with Gasteiger partial charge in [0.15, 0.2) is 9.84 Å². The van der Waals surface area contributed by atoms with Crippen molar-refractivity contribution in [2.24, 2.45) is 0 Å². The van der Waals surface area contributed by atoms with Crippen LogP contribution in [0.15, 0.2) is 52.3 Å².